The van der Waals surface area contributed by atoms with E-state index >= 15 is 0 Å². The van der Waals surface area contributed by atoms with Crippen LogP contribution in [-0.4, -0.2) is 23.9 Å². The first-order chi connectivity index (χ1) is 10.5. The molecule has 0 aliphatic heterocycles. The van der Waals surface area contributed by atoms with E-state index < -0.39 is 6.10 Å². The van der Waals surface area contributed by atoms with Crippen molar-refractivity contribution in [2.45, 2.75) is 12.7 Å². The van der Waals surface area contributed by atoms with Crippen molar-refractivity contribution < 1.29 is 19.7 Å². The van der Waals surface area contributed by atoms with Gasteiger partial charge in [-0.05, 0) is 35.4 Å². The number of ether oxygens (including phenoxy) is 2. The van der Waals surface area contributed by atoms with E-state index in [-0.39, 0.29) is 13.2 Å². The molecule has 22 heavy (non-hydrogen) atoms. The summed E-state index contributed by atoms with van der Waals surface area (Å²) in [5.41, 5.74) is 7.56. The van der Waals surface area contributed by atoms with E-state index in [0.717, 1.165) is 0 Å². The standard InChI is InChI=1S/C16H18ClNO4/c1-21-15-7-10(8-19)6-13(18)16(15)22-9-14(20)11-2-4-12(17)5-3-11/h2-7,14,19-20H,8-9,18H2,1H3. The molecule has 118 valence electrons. The molecule has 0 saturated carbocycles. The number of nitrogens with two attached hydrogens (primary N) is 1. The van der Waals surface area contributed by atoms with Crippen LogP contribution in [0.4, 0.5) is 5.69 Å². The monoisotopic (exact) mass is 323 g/mol. The molecule has 1 atom stereocenters. The number of aliphatic hydroxyl groups is 2. The first-order valence-electron chi connectivity index (χ1n) is 6.68. The molecule has 2 rings (SSSR count). The third-order valence-electron chi connectivity index (χ3n) is 3.19. The predicted molar refractivity (Wildman–Crippen MR) is 85.2 cm³/mol. The maximum Gasteiger partial charge on any atom is 0.184 e. The van der Waals surface area contributed by atoms with Crippen molar-refractivity contribution in [3.8, 4) is 11.5 Å². The Morgan fingerprint density at radius 2 is 1.91 bits per heavy atom. The summed E-state index contributed by atoms with van der Waals surface area (Å²) in [6, 6.07) is 10.1. The van der Waals surface area contributed by atoms with Gasteiger partial charge in [-0.3, -0.25) is 0 Å². The van der Waals surface area contributed by atoms with Crippen LogP contribution in [0.15, 0.2) is 36.4 Å². The Bertz CT molecular complexity index is 631. The lowest BCUT2D eigenvalue weighted by molar-refractivity contribution is 0.107. The summed E-state index contributed by atoms with van der Waals surface area (Å²) >= 11 is 5.81. The van der Waals surface area contributed by atoms with Crippen molar-refractivity contribution in [2.75, 3.05) is 19.5 Å². The molecule has 0 spiro atoms. The van der Waals surface area contributed by atoms with E-state index in [2.05, 4.69) is 0 Å². The molecule has 0 bridgehead atoms. The lowest BCUT2D eigenvalue weighted by atomic mass is 10.1. The minimum absolute atomic E-state index is 0.0145. The fourth-order valence-electron chi connectivity index (χ4n) is 2.02. The average molecular weight is 324 g/mol. The largest absolute Gasteiger partial charge is 0.493 e. The topological polar surface area (TPSA) is 84.9 Å². The molecule has 4 N–H and O–H groups in total. The molecule has 0 aromatic heterocycles. The number of hydrogen-bond acceptors (Lipinski definition) is 5. The molecule has 1 unspecified atom stereocenters. The lowest BCUT2D eigenvalue weighted by Crippen LogP contribution is -2.11. The van der Waals surface area contributed by atoms with E-state index in [1.165, 1.54) is 7.11 Å². The maximum atomic E-state index is 10.1. The van der Waals surface area contributed by atoms with Gasteiger partial charge in [0.25, 0.3) is 0 Å². The van der Waals surface area contributed by atoms with E-state index in [9.17, 15) is 5.11 Å². The third-order valence-corrected chi connectivity index (χ3v) is 3.44. The highest BCUT2D eigenvalue weighted by Gasteiger charge is 2.14. The molecule has 0 radical (unpaired) electrons. The van der Waals surface area contributed by atoms with E-state index in [0.29, 0.717) is 33.3 Å². The van der Waals surface area contributed by atoms with Crippen molar-refractivity contribution >= 4 is 17.3 Å². The van der Waals surface area contributed by atoms with Crippen molar-refractivity contribution in [3.05, 3.63) is 52.5 Å². The zero-order valence-corrected chi connectivity index (χ0v) is 12.9. The van der Waals surface area contributed by atoms with Crippen LogP contribution in [0.3, 0.4) is 0 Å². The third kappa shape index (κ3) is 3.82. The summed E-state index contributed by atoms with van der Waals surface area (Å²) in [7, 11) is 1.48. The highest BCUT2D eigenvalue weighted by atomic mass is 35.5. The Morgan fingerprint density at radius 3 is 2.50 bits per heavy atom. The van der Waals surface area contributed by atoms with Crippen LogP contribution in [0.25, 0.3) is 0 Å². The number of rotatable bonds is 6. The van der Waals surface area contributed by atoms with Gasteiger partial charge in [-0.1, -0.05) is 23.7 Å². The van der Waals surface area contributed by atoms with Gasteiger partial charge in [-0.15, -0.1) is 0 Å². The zero-order valence-electron chi connectivity index (χ0n) is 12.1. The molecule has 0 amide bonds. The Kier molecular flexibility index (Phi) is 5.49. The predicted octanol–water partition coefficient (Wildman–Crippen LogP) is 2.54. The molecule has 5 nitrogen and oxygen atoms in total. The van der Waals surface area contributed by atoms with E-state index in [1.54, 1.807) is 36.4 Å². The Labute approximate surface area is 133 Å². The van der Waals surface area contributed by atoms with Crippen LogP contribution in [0.5, 0.6) is 11.5 Å². The van der Waals surface area contributed by atoms with Crippen LogP contribution in [0.1, 0.15) is 17.2 Å². The lowest BCUT2D eigenvalue weighted by Gasteiger charge is -2.17. The number of aliphatic hydroxyl groups excluding tert-OH is 2. The van der Waals surface area contributed by atoms with Crippen LogP contribution < -0.4 is 15.2 Å². The maximum absolute atomic E-state index is 10.1. The molecule has 6 heteroatoms. The fraction of sp³-hybridized carbons (Fsp3) is 0.250. The molecule has 0 aliphatic carbocycles. The number of nitrogen functional groups attached to an aromatic ring is 1. The van der Waals surface area contributed by atoms with Gasteiger partial charge in [0.05, 0.1) is 19.4 Å². The van der Waals surface area contributed by atoms with E-state index in [4.69, 9.17) is 31.9 Å². The Morgan fingerprint density at radius 1 is 1.23 bits per heavy atom. The molecule has 2 aromatic rings. The van der Waals surface area contributed by atoms with Crippen molar-refractivity contribution in [1.82, 2.24) is 0 Å². The van der Waals surface area contributed by atoms with Crippen molar-refractivity contribution in [3.63, 3.8) is 0 Å². The summed E-state index contributed by atoms with van der Waals surface area (Å²) in [5.74, 6) is 0.750. The van der Waals surface area contributed by atoms with Crippen molar-refractivity contribution in [1.29, 1.82) is 0 Å². The second-order valence-electron chi connectivity index (χ2n) is 4.75. The summed E-state index contributed by atoms with van der Waals surface area (Å²) in [6.07, 6.45) is -0.820. The zero-order chi connectivity index (χ0) is 16.1. The summed E-state index contributed by atoms with van der Waals surface area (Å²) < 4.78 is 10.8. The average Bonchev–Trinajstić information content (AvgIpc) is 2.53. The first kappa shape index (κ1) is 16.4. The molecular formula is C16H18ClNO4. The molecule has 2 aromatic carbocycles. The minimum Gasteiger partial charge on any atom is -0.493 e. The van der Waals surface area contributed by atoms with Gasteiger partial charge >= 0.3 is 0 Å². The fourth-order valence-corrected chi connectivity index (χ4v) is 2.15. The van der Waals surface area contributed by atoms with Crippen LogP contribution in [0.2, 0.25) is 5.02 Å². The molecule has 0 fully saturated rings. The first-order valence-corrected chi connectivity index (χ1v) is 7.06. The number of benzene rings is 2. The molecule has 0 saturated heterocycles. The van der Waals surface area contributed by atoms with Gasteiger partial charge in [-0.25, -0.2) is 0 Å². The van der Waals surface area contributed by atoms with Crippen LogP contribution in [-0.2, 0) is 6.61 Å². The Balaban J connectivity index is 2.12. The summed E-state index contributed by atoms with van der Waals surface area (Å²) in [5, 5.41) is 19.9. The highest BCUT2D eigenvalue weighted by molar-refractivity contribution is 6.30. The number of methoxy groups -OCH3 is 1. The normalized spacial score (nSPS) is 12.0. The molecule has 0 heterocycles. The van der Waals surface area contributed by atoms with Gasteiger partial charge in [0.15, 0.2) is 11.5 Å². The van der Waals surface area contributed by atoms with Gasteiger partial charge in [0.1, 0.15) is 12.7 Å². The number of halogens is 1. The second kappa shape index (κ2) is 7.35. The number of hydrogen-bond donors (Lipinski definition) is 3. The summed E-state index contributed by atoms with van der Waals surface area (Å²) in [6.45, 7) is -0.130. The smallest absolute Gasteiger partial charge is 0.184 e. The molecular weight excluding hydrogens is 306 g/mol. The van der Waals surface area contributed by atoms with Gasteiger partial charge in [-0.2, -0.15) is 0 Å². The van der Waals surface area contributed by atoms with Crippen molar-refractivity contribution in [2.24, 2.45) is 0 Å². The minimum atomic E-state index is -0.820. The van der Waals surface area contributed by atoms with Gasteiger partial charge in [0, 0.05) is 5.02 Å². The number of anilines is 1. The van der Waals surface area contributed by atoms with Crippen LogP contribution in [0, 0.1) is 0 Å². The highest BCUT2D eigenvalue weighted by Crippen LogP contribution is 2.35. The Hall–Kier alpha value is -1.95. The van der Waals surface area contributed by atoms with Gasteiger partial charge in [0.2, 0.25) is 0 Å². The van der Waals surface area contributed by atoms with Crippen LogP contribution >= 0.6 is 11.6 Å². The molecule has 0 aliphatic rings. The second-order valence-corrected chi connectivity index (χ2v) is 5.19. The summed E-state index contributed by atoms with van der Waals surface area (Å²) in [4.78, 5) is 0. The SMILES string of the molecule is COc1cc(CO)cc(N)c1OCC(O)c1ccc(Cl)cc1. The van der Waals surface area contributed by atoms with E-state index in [1.807, 2.05) is 0 Å². The van der Waals surface area contributed by atoms with Gasteiger partial charge < -0.3 is 25.4 Å². The quantitative estimate of drug-likeness (QED) is 0.711.